The molecular weight excluding hydrogens is 358 g/mol. The fourth-order valence-corrected chi connectivity index (χ4v) is 4.60. The molecule has 0 atom stereocenters. The molecule has 3 rings (SSSR count). The highest BCUT2D eigenvalue weighted by molar-refractivity contribution is 7.91. The summed E-state index contributed by atoms with van der Waals surface area (Å²) in [5, 5.41) is 7.99. The molecule has 0 bridgehead atoms. The van der Waals surface area contributed by atoms with Crippen molar-refractivity contribution >= 4 is 21.4 Å². The number of rotatable bonds is 7. The first kappa shape index (κ1) is 17.8. The van der Waals surface area contributed by atoms with Crippen molar-refractivity contribution in [2.45, 2.75) is 30.9 Å². The predicted octanol–water partition coefficient (Wildman–Crippen LogP) is 3.19. The third kappa shape index (κ3) is 4.33. The van der Waals surface area contributed by atoms with Crippen LogP contribution >= 0.6 is 11.3 Å². The average molecular weight is 377 g/mol. The van der Waals surface area contributed by atoms with Crippen molar-refractivity contribution in [3.05, 3.63) is 52.7 Å². The lowest BCUT2D eigenvalue weighted by Crippen LogP contribution is -2.25. The second-order valence-electron chi connectivity index (χ2n) is 5.59. The molecule has 0 aliphatic rings. The summed E-state index contributed by atoms with van der Waals surface area (Å²) in [5.74, 6) is 0.836. The molecule has 0 amide bonds. The molecule has 25 heavy (non-hydrogen) atoms. The van der Waals surface area contributed by atoms with E-state index in [2.05, 4.69) is 14.9 Å². The van der Waals surface area contributed by atoms with E-state index in [4.69, 9.17) is 4.42 Å². The molecule has 0 radical (unpaired) electrons. The number of benzene rings is 1. The quantitative estimate of drug-likeness (QED) is 0.683. The van der Waals surface area contributed by atoms with Gasteiger partial charge in [-0.2, -0.15) is 0 Å². The Hall–Kier alpha value is -2.03. The van der Waals surface area contributed by atoms with Crippen LogP contribution in [0.25, 0.3) is 11.5 Å². The number of aryl methyl sites for hydroxylation is 2. The summed E-state index contributed by atoms with van der Waals surface area (Å²) in [6.07, 6.45) is 1.16. The summed E-state index contributed by atoms with van der Waals surface area (Å²) in [6.45, 7) is 4.21. The standard InChI is InChI=1S/C17H19N3O3S2/c1-3-14-8-9-16(24-14)25(21,22)18-11-10-15-19-20-17(23-15)13-6-4-12(2)5-7-13/h4-9,18H,3,10-11H2,1-2H3. The molecule has 0 unspecified atom stereocenters. The number of thiophene rings is 1. The average Bonchev–Trinajstić information content (AvgIpc) is 3.25. The monoisotopic (exact) mass is 377 g/mol. The van der Waals surface area contributed by atoms with Gasteiger partial charge in [-0.25, -0.2) is 13.1 Å². The van der Waals surface area contributed by atoms with Crippen molar-refractivity contribution < 1.29 is 12.8 Å². The lowest BCUT2D eigenvalue weighted by atomic mass is 10.1. The van der Waals surface area contributed by atoms with E-state index < -0.39 is 10.0 Å². The number of nitrogens with one attached hydrogen (secondary N) is 1. The van der Waals surface area contributed by atoms with Crippen molar-refractivity contribution in [1.82, 2.24) is 14.9 Å². The highest BCUT2D eigenvalue weighted by atomic mass is 32.2. The minimum absolute atomic E-state index is 0.206. The van der Waals surface area contributed by atoms with Gasteiger partial charge in [-0.3, -0.25) is 0 Å². The molecule has 1 N–H and O–H groups in total. The fraction of sp³-hybridized carbons (Fsp3) is 0.294. The van der Waals surface area contributed by atoms with E-state index in [9.17, 15) is 8.42 Å². The lowest BCUT2D eigenvalue weighted by Gasteiger charge is -2.02. The molecule has 0 saturated heterocycles. The van der Waals surface area contributed by atoms with E-state index in [-0.39, 0.29) is 6.54 Å². The Morgan fingerprint density at radius 3 is 2.56 bits per heavy atom. The van der Waals surface area contributed by atoms with Crippen LogP contribution in [0.5, 0.6) is 0 Å². The maximum absolute atomic E-state index is 12.2. The largest absolute Gasteiger partial charge is 0.421 e. The van der Waals surface area contributed by atoms with Crippen molar-refractivity contribution in [3.8, 4) is 11.5 Å². The van der Waals surface area contributed by atoms with Gasteiger partial charge in [0.15, 0.2) is 0 Å². The summed E-state index contributed by atoms with van der Waals surface area (Å²) in [6, 6.07) is 11.2. The minimum Gasteiger partial charge on any atom is -0.421 e. The van der Waals surface area contributed by atoms with Crippen LogP contribution < -0.4 is 4.72 Å². The summed E-state index contributed by atoms with van der Waals surface area (Å²) < 4.78 is 33.0. The molecule has 0 aliphatic carbocycles. The van der Waals surface area contributed by atoms with Gasteiger partial charge in [-0.1, -0.05) is 24.6 Å². The van der Waals surface area contributed by atoms with E-state index >= 15 is 0 Å². The van der Waals surface area contributed by atoms with E-state index in [1.165, 1.54) is 11.3 Å². The molecule has 3 aromatic rings. The van der Waals surface area contributed by atoms with Gasteiger partial charge in [0.1, 0.15) is 4.21 Å². The Labute approximate surface area is 151 Å². The first-order chi connectivity index (χ1) is 12.0. The first-order valence-corrected chi connectivity index (χ1v) is 10.3. The zero-order valence-corrected chi connectivity index (χ0v) is 15.7. The molecular formula is C17H19N3O3S2. The van der Waals surface area contributed by atoms with Gasteiger partial charge in [0.05, 0.1) is 0 Å². The highest BCUT2D eigenvalue weighted by Crippen LogP contribution is 2.22. The number of nitrogens with zero attached hydrogens (tertiary/aromatic N) is 2. The second-order valence-corrected chi connectivity index (χ2v) is 8.75. The maximum atomic E-state index is 12.2. The number of hydrogen-bond donors (Lipinski definition) is 1. The topological polar surface area (TPSA) is 85.1 Å². The molecule has 1 aromatic carbocycles. The van der Waals surface area contributed by atoms with Crippen LogP contribution in [0.3, 0.4) is 0 Å². The van der Waals surface area contributed by atoms with Crippen molar-refractivity contribution in [1.29, 1.82) is 0 Å². The van der Waals surface area contributed by atoms with Crippen LogP contribution in [-0.4, -0.2) is 25.2 Å². The normalized spacial score (nSPS) is 11.8. The van der Waals surface area contributed by atoms with Crippen LogP contribution in [0.1, 0.15) is 23.3 Å². The molecule has 2 heterocycles. The SMILES string of the molecule is CCc1ccc(S(=O)(=O)NCCc2nnc(-c3ccc(C)cc3)o2)s1. The Balaban J connectivity index is 1.60. The van der Waals surface area contributed by atoms with E-state index in [1.807, 2.05) is 44.2 Å². The van der Waals surface area contributed by atoms with Crippen LogP contribution in [0.4, 0.5) is 0 Å². The molecule has 0 spiro atoms. The Kier molecular flexibility index (Phi) is 5.31. The highest BCUT2D eigenvalue weighted by Gasteiger charge is 2.17. The van der Waals surface area contributed by atoms with Gasteiger partial charge >= 0.3 is 0 Å². The van der Waals surface area contributed by atoms with Crippen molar-refractivity contribution in [2.24, 2.45) is 0 Å². The van der Waals surface area contributed by atoms with Crippen LogP contribution in [0.2, 0.25) is 0 Å². The third-order valence-electron chi connectivity index (χ3n) is 3.65. The number of sulfonamides is 1. The van der Waals surface area contributed by atoms with E-state index in [0.29, 0.717) is 22.4 Å². The number of hydrogen-bond acceptors (Lipinski definition) is 6. The first-order valence-electron chi connectivity index (χ1n) is 7.96. The predicted molar refractivity (Wildman–Crippen MR) is 97.1 cm³/mol. The molecule has 2 aromatic heterocycles. The smallest absolute Gasteiger partial charge is 0.250 e. The minimum atomic E-state index is -3.49. The molecule has 0 fully saturated rings. The zero-order chi connectivity index (χ0) is 17.9. The number of aromatic nitrogens is 2. The second kappa shape index (κ2) is 7.47. The van der Waals surface area contributed by atoms with Gasteiger partial charge < -0.3 is 4.42 Å². The van der Waals surface area contributed by atoms with Crippen LogP contribution in [-0.2, 0) is 22.9 Å². The Bertz CT molecular complexity index is 944. The van der Waals surface area contributed by atoms with E-state index in [1.54, 1.807) is 6.07 Å². The fourth-order valence-electron chi connectivity index (χ4n) is 2.22. The van der Waals surface area contributed by atoms with E-state index in [0.717, 1.165) is 22.4 Å². The van der Waals surface area contributed by atoms with Gasteiger partial charge in [0.2, 0.25) is 21.8 Å². The van der Waals surface area contributed by atoms with Gasteiger partial charge in [-0.15, -0.1) is 21.5 Å². The summed E-state index contributed by atoms with van der Waals surface area (Å²) in [7, 11) is -3.49. The van der Waals surface area contributed by atoms with Gasteiger partial charge in [0.25, 0.3) is 0 Å². The molecule has 0 saturated carbocycles. The van der Waals surface area contributed by atoms with Crippen molar-refractivity contribution in [2.75, 3.05) is 6.54 Å². The van der Waals surface area contributed by atoms with Gasteiger partial charge in [-0.05, 0) is 37.6 Å². The van der Waals surface area contributed by atoms with Crippen LogP contribution in [0.15, 0.2) is 45.0 Å². The molecule has 132 valence electrons. The molecule has 0 aliphatic heterocycles. The summed E-state index contributed by atoms with van der Waals surface area (Å²) >= 11 is 1.29. The molecule has 8 heteroatoms. The zero-order valence-electron chi connectivity index (χ0n) is 14.0. The van der Waals surface area contributed by atoms with Gasteiger partial charge in [0, 0.05) is 23.4 Å². The Morgan fingerprint density at radius 1 is 1.12 bits per heavy atom. The third-order valence-corrected chi connectivity index (χ3v) is 6.83. The van der Waals surface area contributed by atoms with Crippen molar-refractivity contribution in [3.63, 3.8) is 0 Å². The Morgan fingerprint density at radius 2 is 1.88 bits per heavy atom. The summed E-state index contributed by atoms with van der Waals surface area (Å²) in [5.41, 5.74) is 1.99. The maximum Gasteiger partial charge on any atom is 0.250 e. The molecule has 6 nitrogen and oxygen atoms in total. The lowest BCUT2D eigenvalue weighted by molar-refractivity contribution is 0.502. The van der Waals surface area contributed by atoms with Crippen LogP contribution in [0, 0.1) is 6.92 Å². The summed E-state index contributed by atoms with van der Waals surface area (Å²) in [4.78, 5) is 1.04.